The van der Waals surface area contributed by atoms with Crippen molar-refractivity contribution in [2.75, 3.05) is 5.32 Å². The van der Waals surface area contributed by atoms with Crippen LogP contribution in [0.3, 0.4) is 0 Å². The number of oxazole rings is 1. The molecule has 0 saturated heterocycles. The molecule has 0 aliphatic rings. The first kappa shape index (κ1) is 20.0. The summed E-state index contributed by atoms with van der Waals surface area (Å²) >= 11 is 0. The maximum Gasteiger partial charge on any atom is 0.278 e. The smallest absolute Gasteiger partial charge is 0.278 e. The molecule has 2 heterocycles. The molecule has 10 nitrogen and oxygen atoms in total. The van der Waals surface area contributed by atoms with Gasteiger partial charge in [-0.3, -0.25) is 14.9 Å². The Morgan fingerprint density at radius 1 is 1.13 bits per heavy atom. The van der Waals surface area contributed by atoms with E-state index < -0.39 is 10.8 Å². The number of benzene rings is 2. The number of anilines is 1. The number of hydrogen-bond donors (Lipinski definition) is 1. The first-order valence-corrected chi connectivity index (χ1v) is 9.36. The molecule has 0 bridgehead atoms. The number of amides is 1. The Bertz CT molecular complexity index is 1290. The topological polar surface area (TPSA) is 129 Å². The molecule has 156 valence electrons. The molecular weight excluding hydrogens is 400 g/mol. The van der Waals surface area contributed by atoms with Crippen LogP contribution in [-0.2, 0) is 0 Å². The zero-order chi connectivity index (χ0) is 22.1. The summed E-state index contributed by atoms with van der Waals surface area (Å²) in [6, 6.07) is 13.1. The summed E-state index contributed by atoms with van der Waals surface area (Å²) in [4.78, 5) is 27.7. The fourth-order valence-corrected chi connectivity index (χ4v) is 3.04. The molecule has 0 spiro atoms. The molecule has 4 rings (SSSR count). The van der Waals surface area contributed by atoms with E-state index >= 15 is 0 Å². The zero-order valence-electron chi connectivity index (χ0n) is 17.0. The van der Waals surface area contributed by atoms with E-state index in [-0.39, 0.29) is 11.4 Å². The SMILES string of the molecule is Cc1nc(-c2cccc(NC(=O)c3nnn(-c4cccc([N+](=O)[O-])c4)c3C)c2)oc1C. The Hall–Kier alpha value is -4.34. The average molecular weight is 418 g/mol. The lowest BCUT2D eigenvalue weighted by Crippen LogP contribution is -2.14. The van der Waals surface area contributed by atoms with Crippen molar-refractivity contribution < 1.29 is 14.1 Å². The van der Waals surface area contributed by atoms with Gasteiger partial charge in [-0.25, -0.2) is 9.67 Å². The lowest BCUT2D eigenvalue weighted by atomic mass is 10.2. The molecule has 4 aromatic rings. The van der Waals surface area contributed by atoms with Gasteiger partial charge >= 0.3 is 0 Å². The number of nitrogens with zero attached hydrogens (tertiary/aromatic N) is 5. The normalized spacial score (nSPS) is 10.8. The van der Waals surface area contributed by atoms with Crippen molar-refractivity contribution in [2.45, 2.75) is 20.8 Å². The summed E-state index contributed by atoms with van der Waals surface area (Å²) in [5.74, 6) is 0.753. The molecule has 1 amide bonds. The number of aryl methyl sites for hydroxylation is 2. The number of carbonyl (C=O) groups is 1. The quantitative estimate of drug-likeness (QED) is 0.383. The number of nitro benzene ring substituents is 1. The maximum absolute atomic E-state index is 12.8. The van der Waals surface area contributed by atoms with Crippen LogP contribution in [0, 0.1) is 30.9 Å². The van der Waals surface area contributed by atoms with Crippen LogP contribution < -0.4 is 5.32 Å². The van der Waals surface area contributed by atoms with Gasteiger partial charge in [-0.2, -0.15) is 0 Å². The third kappa shape index (κ3) is 3.90. The van der Waals surface area contributed by atoms with E-state index in [2.05, 4.69) is 20.6 Å². The lowest BCUT2D eigenvalue weighted by molar-refractivity contribution is -0.384. The number of aromatic nitrogens is 4. The van der Waals surface area contributed by atoms with Crippen molar-refractivity contribution in [2.24, 2.45) is 0 Å². The van der Waals surface area contributed by atoms with Crippen LogP contribution in [-0.4, -0.2) is 30.8 Å². The van der Waals surface area contributed by atoms with E-state index in [4.69, 9.17) is 4.42 Å². The van der Waals surface area contributed by atoms with E-state index in [0.717, 1.165) is 17.0 Å². The van der Waals surface area contributed by atoms with Crippen LogP contribution in [0.15, 0.2) is 52.9 Å². The Kier molecular flexibility index (Phi) is 5.04. The Morgan fingerprint density at radius 2 is 1.90 bits per heavy atom. The third-order valence-corrected chi connectivity index (χ3v) is 4.79. The highest BCUT2D eigenvalue weighted by Crippen LogP contribution is 2.25. The van der Waals surface area contributed by atoms with Crippen LogP contribution in [0.1, 0.15) is 27.6 Å². The summed E-state index contributed by atoms with van der Waals surface area (Å²) in [6.45, 7) is 5.37. The standard InChI is InChI=1S/C21H18N6O4/c1-12-14(3)31-21(22-12)15-6-4-7-16(10-15)23-20(28)19-13(2)26(25-24-19)17-8-5-9-18(11-17)27(29)30/h4-11H,1-3H3,(H,23,28). The molecule has 0 aliphatic carbocycles. The molecule has 0 fully saturated rings. The molecule has 2 aromatic carbocycles. The molecule has 10 heteroatoms. The second-order valence-corrected chi connectivity index (χ2v) is 6.91. The molecule has 0 aliphatic heterocycles. The maximum atomic E-state index is 12.8. The van der Waals surface area contributed by atoms with Gasteiger partial charge in [0.2, 0.25) is 5.89 Å². The molecule has 0 saturated carbocycles. The van der Waals surface area contributed by atoms with E-state index in [1.807, 2.05) is 19.9 Å². The van der Waals surface area contributed by atoms with Gasteiger partial charge in [0.15, 0.2) is 5.69 Å². The zero-order valence-corrected chi connectivity index (χ0v) is 17.0. The van der Waals surface area contributed by atoms with Crippen molar-refractivity contribution in [3.8, 4) is 17.1 Å². The number of rotatable bonds is 5. The van der Waals surface area contributed by atoms with Gasteiger partial charge in [0.05, 0.1) is 22.0 Å². The van der Waals surface area contributed by atoms with Crippen LogP contribution >= 0.6 is 0 Å². The summed E-state index contributed by atoms with van der Waals surface area (Å²) < 4.78 is 7.03. The van der Waals surface area contributed by atoms with Gasteiger partial charge in [0.25, 0.3) is 11.6 Å². The highest BCUT2D eigenvalue weighted by atomic mass is 16.6. The second-order valence-electron chi connectivity index (χ2n) is 6.91. The lowest BCUT2D eigenvalue weighted by Gasteiger charge is -2.06. The van der Waals surface area contributed by atoms with Crippen LogP contribution in [0.25, 0.3) is 17.1 Å². The largest absolute Gasteiger partial charge is 0.441 e. The highest BCUT2D eigenvalue weighted by Gasteiger charge is 2.19. The van der Waals surface area contributed by atoms with Gasteiger partial charge in [0, 0.05) is 23.4 Å². The van der Waals surface area contributed by atoms with Crippen LogP contribution in [0.4, 0.5) is 11.4 Å². The first-order chi connectivity index (χ1) is 14.8. The molecule has 0 atom stereocenters. The Labute approximate surface area is 176 Å². The predicted octanol–water partition coefficient (Wildman–Crippen LogP) is 4.01. The summed E-state index contributed by atoms with van der Waals surface area (Å²) in [6.07, 6.45) is 0. The van der Waals surface area contributed by atoms with E-state index in [9.17, 15) is 14.9 Å². The van der Waals surface area contributed by atoms with E-state index in [0.29, 0.717) is 23.0 Å². The molecule has 1 N–H and O–H groups in total. The molecule has 2 aromatic heterocycles. The average Bonchev–Trinajstić information content (AvgIpc) is 3.30. The second kappa shape index (κ2) is 7.82. The number of nitro groups is 1. The number of carbonyl (C=O) groups excluding carboxylic acids is 1. The number of hydrogen-bond acceptors (Lipinski definition) is 7. The minimum Gasteiger partial charge on any atom is -0.441 e. The Morgan fingerprint density at radius 3 is 2.61 bits per heavy atom. The highest BCUT2D eigenvalue weighted by molar-refractivity contribution is 6.03. The summed E-state index contributed by atoms with van der Waals surface area (Å²) in [5, 5.41) is 21.8. The van der Waals surface area contributed by atoms with Crippen molar-refractivity contribution >= 4 is 17.3 Å². The van der Waals surface area contributed by atoms with Crippen LogP contribution in [0.5, 0.6) is 0 Å². The van der Waals surface area contributed by atoms with Crippen molar-refractivity contribution in [3.05, 3.63) is 81.5 Å². The predicted molar refractivity (Wildman–Crippen MR) is 112 cm³/mol. The first-order valence-electron chi connectivity index (χ1n) is 9.36. The molecule has 0 radical (unpaired) electrons. The fourth-order valence-electron chi connectivity index (χ4n) is 3.04. The minimum atomic E-state index is -0.493. The summed E-state index contributed by atoms with van der Waals surface area (Å²) in [7, 11) is 0. The fraction of sp³-hybridized carbons (Fsp3) is 0.143. The van der Waals surface area contributed by atoms with Crippen LogP contribution in [0.2, 0.25) is 0 Å². The third-order valence-electron chi connectivity index (χ3n) is 4.79. The van der Waals surface area contributed by atoms with Gasteiger partial charge in [0.1, 0.15) is 5.76 Å². The molecule has 0 unspecified atom stereocenters. The monoisotopic (exact) mass is 418 g/mol. The van der Waals surface area contributed by atoms with Crippen molar-refractivity contribution in [1.82, 2.24) is 20.0 Å². The van der Waals surface area contributed by atoms with E-state index in [1.165, 1.54) is 16.8 Å². The molecule has 31 heavy (non-hydrogen) atoms. The van der Waals surface area contributed by atoms with Gasteiger partial charge in [-0.1, -0.05) is 17.3 Å². The van der Waals surface area contributed by atoms with Gasteiger partial charge < -0.3 is 9.73 Å². The summed E-state index contributed by atoms with van der Waals surface area (Å²) in [5.41, 5.74) is 3.00. The van der Waals surface area contributed by atoms with Crippen molar-refractivity contribution in [3.63, 3.8) is 0 Å². The van der Waals surface area contributed by atoms with Crippen molar-refractivity contribution in [1.29, 1.82) is 0 Å². The minimum absolute atomic E-state index is 0.0766. The van der Waals surface area contributed by atoms with Gasteiger partial charge in [-0.15, -0.1) is 5.10 Å². The number of non-ortho nitro benzene ring substituents is 1. The Balaban J connectivity index is 1.58. The molecular formula is C21H18N6O4. The van der Waals surface area contributed by atoms with Gasteiger partial charge in [-0.05, 0) is 45.0 Å². The van der Waals surface area contributed by atoms with E-state index in [1.54, 1.807) is 37.3 Å². The number of nitrogens with one attached hydrogen (secondary N) is 1.